The molecule has 0 atom stereocenters. The number of rotatable bonds is 3. The molecule has 1 fully saturated rings. The van der Waals surface area contributed by atoms with Crippen molar-refractivity contribution in [3.63, 3.8) is 0 Å². The fraction of sp³-hybridized carbons (Fsp3) is 0.533. The molecule has 128 valence electrons. The number of benzene rings is 1. The molecule has 0 radical (unpaired) electrons. The van der Waals surface area contributed by atoms with Gasteiger partial charge in [-0.15, -0.1) is 24.0 Å². The molecule has 0 unspecified atom stereocenters. The number of alkyl halides is 3. The molecule has 0 aromatic heterocycles. The van der Waals surface area contributed by atoms with Crippen molar-refractivity contribution in [1.82, 2.24) is 10.6 Å². The number of halogens is 5. The van der Waals surface area contributed by atoms with Crippen LogP contribution in [0.3, 0.4) is 0 Å². The van der Waals surface area contributed by atoms with Crippen LogP contribution in [0.5, 0.6) is 0 Å². The summed E-state index contributed by atoms with van der Waals surface area (Å²) in [5.41, 5.74) is -0.949. The third-order valence-corrected chi connectivity index (χ3v) is 4.18. The smallest absolute Gasteiger partial charge is 0.356 e. The Hall–Kier alpha value is -1.06. The van der Waals surface area contributed by atoms with Crippen LogP contribution >= 0.6 is 24.0 Å². The SMILES string of the molecule is Fc1cc(C(F)(F)F)cc(C2(CNC3=NCCCN3)CC2)c1.I. The van der Waals surface area contributed by atoms with Gasteiger partial charge in [0.15, 0.2) is 5.96 Å². The molecule has 1 saturated carbocycles. The van der Waals surface area contributed by atoms with Gasteiger partial charge in [0.25, 0.3) is 0 Å². The standard InChI is InChI=1S/C15H17F4N3.HI/c16-12-7-10(6-11(8-12)15(17,18)19)14(2-3-14)9-22-13-20-4-1-5-21-13;/h6-8H,1-5,9H2,(H2,20,21,22);1H. The quantitative estimate of drug-likeness (QED) is 0.555. The maximum atomic E-state index is 13.6. The second-order valence-corrected chi connectivity index (χ2v) is 5.87. The van der Waals surface area contributed by atoms with Crippen molar-refractivity contribution in [3.8, 4) is 0 Å². The largest absolute Gasteiger partial charge is 0.416 e. The van der Waals surface area contributed by atoms with Gasteiger partial charge in [-0.3, -0.25) is 4.99 Å². The number of hydrogen-bond acceptors (Lipinski definition) is 3. The lowest BCUT2D eigenvalue weighted by atomic mass is 9.94. The van der Waals surface area contributed by atoms with Crippen LogP contribution < -0.4 is 10.6 Å². The molecule has 0 saturated heterocycles. The average Bonchev–Trinajstić information content (AvgIpc) is 3.26. The lowest BCUT2D eigenvalue weighted by Gasteiger charge is -2.22. The van der Waals surface area contributed by atoms with Crippen molar-refractivity contribution in [1.29, 1.82) is 0 Å². The van der Waals surface area contributed by atoms with E-state index in [9.17, 15) is 17.6 Å². The predicted octanol–water partition coefficient (Wildman–Crippen LogP) is 3.43. The molecule has 2 aliphatic rings. The van der Waals surface area contributed by atoms with Gasteiger partial charge < -0.3 is 10.6 Å². The number of hydrogen-bond donors (Lipinski definition) is 2. The molecule has 0 spiro atoms. The van der Waals surface area contributed by atoms with E-state index in [2.05, 4.69) is 15.6 Å². The third kappa shape index (κ3) is 4.27. The van der Waals surface area contributed by atoms with Gasteiger partial charge in [-0.2, -0.15) is 13.2 Å². The first kappa shape index (κ1) is 18.3. The van der Waals surface area contributed by atoms with E-state index in [4.69, 9.17) is 0 Å². The maximum Gasteiger partial charge on any atom is 0.416 e. The van der Waals surface area contributed by atoms with E-state index in [0.717, 1.165) is 38.4 Å². The minimum absolute atomic E-state index is 0. The highest BCUT2D eigenvalue weighted by atomic mass is 127. The Morgan fingerprint density at radius 1 is 1.22 bits per heavy atom. The van der Waals surface area contributed by atoms with Crippen molar-refractivity contribution < 1.29 is 17.6 Å². The molecule has 2 N–H and O–H groups in total. The van der Waals surface area contributed by atoms with Crippen molar-refractivity contribution in [2.24, 2.45) is 4.99 Å². The molecule has 3 rings (SSSR count). The van der Waals surface area contributed by atoms with Crippen molar-refractivity contribution in [2.75, 3.05) is 19.6 Å². The van der Waals surface area contributed by atoms with E-state index in [1.165, 1.54) is 6.07 Å². The number of nitrogens with one attached hydrogen (secondary N) is 2. The van der Waals surface area contributed by atoms with Crippen LogP contribution in [0.2, 0.25) is 0 Å². The van der Waals surface area contributed by atoms with Crippen LogP contribution in [0.1, 0.15) is 30.4 Å². The molecule has 0 amide bonds. The Bertz CT molecular complexity index is 597. The van der Waals surface area contributed by atoms with Crippen molar-refractivity contribution in [3.05, 3.63) is 35.1 Å². The Labute approximate surface area is 149 Å². The van der Waals surface area contributed by atoms with Gasteiger partial charge in [0, 0.05) is 25.0 Å². The van der Waals surface area contributed by atoms with Crippen molar-refractivity contribution >= 4 is 29.9 Å². The van der Waals surface area contributed by atoms with Gasteiger partial charge >= 0.3 is 6.18 Å². The summed E-state index contributed by atoms with van der Waals surface area (Å²) in [5, 5.41) is 6.24. The Balaban J connectivity index is 0.00000192. The van der Waals surface area contributed by atoms with Crippen LogP contribution in [-0.2, 0) is 11.6 Å². The van der Waals surface area contributed by atoms with Gasteiger partial charge in [-0.05, 0) is 43.0 Å². The zero-order valence-corrected chi connectivity index (χ0v) is 14.7. The highest BCUT2D eigenvalue weighted by Crippen LogP contribution is 2.48. The molecule has 1 aromatic carbocycles. The monoisotopic (exact) mass is 443 g/mol. The van der Waals surface area contributed by atoms with Gasteiger partial charge in [-0.1, -0.05) is 0 Å². The number of guanidine groups is 1. The fourth-order valence-electron chi connectivity index (χ4n) is 2.68. The minimum Gasteiger partial charge on any atom is -0.356 e. The zero-order valence-electron chi connectivity index (χ0n) is 12.3. The summed E-state index contributed by atoms with van der Waals surface area (Å²) in [5.74, 6) is -0.172. The maximum absolute atomic E-state index is 13.6. The molecular weight excluding hydrogens is 425 g/mol. The van der Waals surface area contributed by atoms with E-state index >= 15 is 0 Å². The highest BCUT2D eigenvalue weighted by Gasteiger charge is 2.45. The molecule has 1 heterocycles. The predicted molar refractivity (Wildman–Crippen MR) is 90.7 cm³/mol. The molecule has 1 aliphatic heterocycles. The summed E-state index contributed by atoms with van der Waals surface area (Å²) in [4.78, 5) is 4.27. The van der Waals surface area contributed by atoms with Gasteiger partial charge in [0.1, 0.15) is 5.82 Å². The summed E-state index contributed by atoms with van der Waals surface area (Å²) in [7, 11) is 0. The molecule has 23 heavy (non-hydrogen) atoms. The highest BCUT2D eigenvalue weighted by molar-refractivity contribution is 14.0. The first-order valence-electron chi connectivity index (χ1n) is 7.30. The third-order valence-electron chi connectivity index (χ3n) is 4.18. The molecule has 1 aromatic rings. The number of aliphatic imine (C=N–C) groups is 1. The van der Waals surface area contributed by atoms with Gasteiger partial charge in [-0.25, -0.2) is 4.39 Å². The van der Waals surface area contributed by atoms with Crippen LogP contribution in [-0.4, -0.2) is 25.6 Å². The van der Waals surface area contributed by atoms with E-state index in [-0.39, 0.29) is 24.0 Å². The van der Waals surface area contributed by atoms with E-state index in [1.807, 2.05) is 0 Å². The molecule has 8 heteroatoms. The summed E-state index contributed by atoms with van der Waals surface area (Å²) >= 11 is 0. The van der Waals surface area contributed by atoms with Gasteiger partial charge in [0.2, 0.25) is 0 Å². The van der Waals surface area contributed by atoms with E-state index in [0.29, 0.717) is 24.1 Å². The molecule has 3 nitrogen and oxygen atoms in total. The van der Waals surface area contributed by atoms with Crippen molar-refractivity contribution in [2.45, 2.75) is 30.9 Å². The Morgan fingerprint density at radius 2 is 1.96 bits per heavy atom. The van der Waals surface area contributed by atoms with Crippen LogP contribution in [0.25, 0.3) is 0 Å². The van der Waals surface area contributed by atoms with Crippen LogP contribution in [0.15, 0.2) is 23.2 Å². The second kappa shape index (κ2) is 6.82. The van der Waals surface area contributed by atoms with Crippen LogP contribution in [0, 0.1) is 5.82 Å². The molecule has 1 aliphatic carbocycles. The van der Waals surface area contributed by atoms with E-state index < -0.39 is 23.0 Å². The fourth-order valence-corrected chi connectivity index (χ4v) is 2.68. The molecule has 0 bridgehead atoms. The Kier molecular flexibility index (Phi) is 5.42. The summed E-state index contributed by atoms with van der Waals surface area (Å²) < 4.78 is 52.0. The Morgan fingerprint density at radius 3 is 2.52 bits per heavy atom. The van der Waals surface area contributed by atoms with Crippen LogP contribution in [0.4, 0.5) is 17.6 Å². The lowest BCUT2D eigenvalue weighted by molar-refractivity contribution is -0.137. The zero-order chi connectivity index (χ0) is 15.8. The normalized spacial score (nSPS) is 19.2. The minimum atomic E-state index is -4.53. The topological polar surface area (TPSA) is 36.4 Å². The first-order chi connectivity index (χ1) is 10.4. The van der Waals surface area contributed by atoms with E-state index in [1.54, 1.807) is 0 Å². The van der Waals surface area contributed by atoms with Gasteiger partial charge in [0.05, 0.1) is 5.56 Å². The summed E-state index contributed by atoms with van der Waals surface area (Å²) in [6.45, 7) is 2.02. The number of nitrogens with zero attached hydrogens (tertiary/aromatic N) is 1. The first-order valence-corrected chi connectivity index (χ1v) is 7.30. The second-order valence-electron chi connectivity index (χ2n) is 5.87. The average molecular weight is 443 g/mol. The summed E-state index contributed by atoms with van der Waals surface area (Å²) in [6.07, 6.45) is -2.08. The lowest BCUT2D eigenvalue weighted by Crippen LogP contribution is -2.43. The molecular formula is C15H18F4IN3. The summed E-state index contributed by atoms with van der Waals surface area (Å²) in [6, 6.07) is 2.81.